The summed E-state index contributed by atoms with van der Waals surface area (Å²) in [5.41, 5.74) is 0. The molecule has 0 radical (unpaired) electrons. The molecule has 0 unspecified atom stereocenters. The summed E-state index contributed by atoms with van der Waals surface area (Å²) in [6.07, 6.45) is 6.13. The second kappa shape index (κ2) is 5.63. The maximum absolute atomic E-state index is 11.3. The van der Waals surface area contributed by atoms with E-state index in [1.807, 2.05) is 0 Å². The van der Waals surface area contributed by atoms with Crippen LogP contribution >= 0.6 is 11.8 Å². The van der Waals surface area contributed by atoms with Crippen LogP contribution in [0.4, 0.5) is 0 Å². The highest BCUT2D eigenvalue weighted by Crippen LogP contribution is 2.27. The molecule has 70 valence electrons. The summed E-state index contributed by atoms with van der Waals surface area (Å²) >= 11 is 1.75. The van der Waals surface area contributed by atoms with Crippen molar-refractivity contribution >= 4 is 17.5 Å². The maximum atomic E-state index is 11.3. The maximum Gasteiger partial charge on any atom is 0.143 e. The first-order valence-corrected chi connectivity index (χ1v) is 6.08. The second-order valence-corrected chi connectivity index (χ2v) is 4.80. The van der Waals surface area contributed by atoms with Crippen molar-refractivity contribution in [3.8, 4) is 0 Å². The van der Waals surface area contributed by atoms with Crippen LogP contribution in [0.15, 0.2) is 0 Å². The molecule has 1 rings (SSSR count). The highest BCUT2D eigenvalue weighted by molar-refractivity contribution is 7.99. The number of carbonyl (C=O) groups excluding carboxylic acids is 1. The Labute approximate surface area is 79.3 Å². The zero-order valence-corrected chi connectivity index (χ0v) is 8.66. The van der Waals surface area contributed by atoms with Gasteiger partial charge in [0.15, 0.2) is 0 Å². The van der Waals surface area contributed by atoms with Gasteiger partial charge in [0, 0.05) is 6.42 Å². The van der Waals surface area contributed by atoms with Crippen molar-refractivity contribution in [1.82, 2.24) is 0 Å². The molecule has 0 bridgehead atoms. The number of carbonyl (C=O) groups is 1. The summed E-state index contributed by atoms with van der Waals surface area (Å²) in [5, 5.41) is 0. The van der Waals surface area contributed by atoms with Crippen molar-refractivity contribution in [2.45, 2.75) is 39.0 Å². The molecule has 1 nitrogen and oxygen atoms in total. The van der Waals surface area contributed by atoms with Gasteiger partial charge in [0.1, 0.15) is 5.78 Å². The highest BCUT2D eigenvalue weighted by Gasteiger charge is 2.17. The summed E-state index contributed by atoms with van der Waals surface area (Å²) in [6.45, 7) is 2.10. The van der Waals surface area contributed by atoms with Crippen LogP contribution in [0.2, 0.25) is 0 Å². The summed E-state index contributed by atoms with van der Waals surface area (Å²) in [5.74, 6) is 3.01. The zero-order chi connectivity index (χ0) is 8.81. The quantitative estimate of drug-likeness (QED) is 0.656. The molecule has 0 aromatic rings. The zero-order valence-electron chi connectivity index (χ0n) is 7.84. The first-order valence-electron chi connectivity index (χ1n) is 4.92. The lowest BCUT2D eigenvalue weighted by Gasteiger charge is -2.06. The van der Waals surface area contributed by atoms with Crippen LogP contribution in [-0.4, -0.2) is 17.3 Å². The number of hydrogen-bond donors (Lipinski definition) is 0. The van der Waals surface area contributed by atoms with Gasteiger partial charge in [-0.2, -0.15) is 11.8 Å². The van der Waals surface area contributed by atoms with Crippen LogP contribution in [0.25, 0.3) is 0 Å². The Hall–Kier alpha value is 0.0200. The van der Waals surface area contributed by atoms with E-state index in [0.29, 0.717) is 5.78 Å². The van der Waals surface area contributed by atoms with Crippen molar-refractivity contribution < 1.29 is 4.79 Å². The average molecular weight is 186 g/mol. The van der Waals surface area contributed by atoms with Crippen LogP contribution < -0.4 is 0 Å². The number of ketones is 1. The van der Waals surface area contributed by atoms with Gasteiger partial charge in [-0.15, -0.1) is 0 Å². The molecule has 12 heavy (non-hydrogen) atoms. The van der Waals surface area contributed by atoms with E-state index in [0.717, 1.165) is 23.8 Å². The Morgan fingerprint density at radius 3 is 2.67 bits per heavy atom. The van der Waals surface area contributed by atoms with E-state index in [1.165, 1.54) is 25.7 Å². The molecule has 0 amide bonds. The van der Waals surface area contributed by atoms with Crippen molar-refractivity contribution in [2.24, 2.45) is 5.92 Å². The number of thioether (sulfide) groups is 1. The van der Waals surface area contributed by atoms with E-state index < -0.39 is 0 Å². The normalized spacial score (nSPS) is 18.4. The number of rotatable bonds is 5. The Morgan fingerprint density at radius 1 is 1.42 bits per heavy atom. The van der Waals surface area contributed by atoms with E-state index in [-0.39, 0.29) is 0 Å². The van der Waals surface area contributed by atoms with Crippen LogP contribution in [0.3, 0.4) is 0 Å². The molecule has 1 saturated carbocycles. The van der Waals surface area contributed by atoms with Gasteiger partial charge in [-0.25, -0.2) is 0 Å². The van der Waals surface area contributed by atoms with Crippen LogP contribution in [0, 0.1) is 5.92 Å². The molecular weight excluding hydrogens is 168 g/mol. The van der Waals surface area contributed by atoms with Crippen molar-refractivity contribution in [3.05, 3.63) is 0 Å². The lowest BCUT2D eigenvalue weighted by molar-refractivity contribution is -0.117. The smallest absolute Gasteiger partial charge is 0.143 e. The Balaban J connectivity index is 2.08. The highest BCUT2D eigenvalue weighted by atomic mass is 32.2. The Morgan fingerprint density at radius 2 is 2.08 bits per heavy atom. The molecule has 1 aliphatic rings. The predicted molar refractivity (Wildman–Crippen MR) is 54.6 cm³/mol. The summed E-state index contributed by atoms with van der Waals surface area (Å²) in [6, 6.07) is 0. The standard InChI is InChI=1S/C10H18OS/c1-2-12-8-10(11)7-9-5-3-4-6-9/h9H,2-8H2,1H3. The summed E-state index contributed by atoms with van der Waals surface area (Å²) < 4.78 is 0. The lowest BCUT2D eigenvalue weighted by atomic mass is 10.0. The van der Waals surface area contributed by atoms with Gasteiger partial charge in [-0.1, -0.05) is 32.6 Å². The molecule has 1 aliphatic carbocycles. The fourth-order valence-corrected chi connectivity index (χ4v) is 2.36. The fourth-order valence-electron chi connectivity index (χ4n) is 1.81. The molecule has 0 N–H and O–H groups in total. The van der Waals surface area contributed by atoms with Gasteiger partial charge < -0.3 is 0 Å². The molecule has 1 fully saturated rings. The molecule has 0 aromatic carbocycles. The van der Waals surface area contributed by atoms with E-state index in [4.69, 9.17) is 0 Å². The molecule has 0 saturated heterocycles. The van der Waals surface area contributed by atoms with Crippen molar-refractivity contribution in [2.75, 3.05) is 11.5 Å². The Kier molecular flexibility index (Phi) is 4.74. The lowest BCUT2D eigenvalue weighted by Crippen LogP contribution is -2.07. The van der Waals surface area contributed by atoms with Gasteiger partial charge >= 0.3 is 0 Å². The van der Waals surface area contributed by atoms with Crippen molar-refractivity contribution in [3.63, 3.8) is 0 Å². The number of hydrogen-bond acceptors (Lipinski definition) is 2. The third kappa shape index (κ3) is 3.61. The third-order valence-corrected chi connectivity index (χ3v) is 3.39. The second-order valence-electron chi connectivity index (χ2n) is 3.53. The molecule has 0 heterocycles. The van der Waals surface area contributed by atoms with Gasteiger partial charge in [-0.05, 0) is 11.7 Å². The summed E-state index contributed by atoms with van der Waals surface area (Å²) in [4.78, 5) is 11.3. The monoisotopic (exact) mass is 186 g/mol. The minimum Gasteiger partial charge on any atom is -0.299 e. The van der Waals surface area contributed by atoms with E-state index in [2.05, 4.69) is 6.92 Å². The Bertz CT molecular complexity index is 139. The van der Waals surface area contributed by atoms with Crippen LogP contribution in [0.1, 0.15) is 39.0 Å². The largest absolute Gasteiger partial charge is 0.299 e. The van der Waals surface area contributed by atoms with E-state index in [9.17, 15) is 4.79 Å². The SMILES string of the molecule is CCSCC(=O)CC1CCCC1. The van der Waals surface area contributed by atoms with Crippen LogP contribution in [0.5, 0.6) is 0 Å². The molecular formula is C10H18OS. The molecule has 0 atom stereocenters. The molecule has 0 aliphatic heterocycles. The van der Waals surface area contributed by atoms with E-state index in [1.54, 1.807) is 11.8 Å². The minimum atomic E-state index is 0.466. The minimum absolute atomic E-state index is 0.466. The predicted octanol–water partition coefficient (Wildman–Crippen LogP) is 2.89. The average Bonchev–Trinajstić information content (AvgIpc) is 2.53. The van der Waals surface area contributed by atoms with Crippen LogP contribution in [-0.2, 0) is 4.79 Å². The molecule has 0 aromatic heterocycles. The summed E-state index contributed by atoms with van der Waals surface area (Å²) in [7, 11) is 0. The third-order valence-electron chi connectivity index (χ3n) is 2.46. The van der Waals surface area contributed by atoms with Gasteiger partial charge in [0.25, 0.3) is 0 Å². The topological polar surface area (TPSA) is 17.1 Å². The van der Waals surface area contributed by atoms with Gasteiger partial charge in [-0.3, -0.25) is 4.79 Å². The van der Waals surface area contributed by atoms with Gasteiger partial charge in [0.2, 0.25) is 0 Å². The molecule has 2 heteroatoms. The van der Waals surface area contributed by atoms with Gasteiger partial charge in [0.05, 0.1) is 5.75 Å². The van der Waals surface area contributed by atoms with E-state index >= 15 is 0 Å². The molecule has 0 spiro atoms. The first-order chi connectivity index (χ1) is 5.83. The van der Waals surface area contributed by atoms with Crippen molar-refractivity contribution in [1.29, 1.82) is 0 Å². The number of Topliss-reactive ketones (excluding diaryl/α,β-unsaturated/α-hetero) is 1. The fraction of sp³-hybridized carbons (Fsp3) is 0.900. The first kappa shape index (κ1) is 10.1.